The van der Waals surface area contributed by atoms with Crippen LogP contribution in [0.15, 0.2) is 29.1 Å². The van der Waals surface area contributed by atoms with Crippen molar-refractivity contribution in [3.05, 3.63) is 40.3 Å². The van der Waals surface area contributed by atoms with Crippen molar-refractivity contribution in [3.63, 3.8) is 0 Å². The predicted molar refractivity (Wildman–Crippen MR) is 110 cm³/mol. The van der Waals surface area contributed by atoms with Gasteiger partial charge in [-0.05, 0) is 44.0 Å². The first-order chi connectivity index (χ1) is 14.7. The molecule has 162 valence electrons. The zero-order valence-corrected chi connectivity index (χ0v) is 17.2. The average molecular weight is 416 g/mol. The predicted octanol–water partition coefficient (Wildman–Crippen LogP) is 1.47. The summed E-state index contributed by atoms with van der Waals surface area (Å²) >= 11 is 0. The molecule has 1 fully saturated rings. The minimum Gasteiger partial charge on any atom is -0.491 e. The number of hydrogen-bond acceptors (Lipinski definition) is 7. The van der Waals surface area contributed by atoms with Gasteiger partial charge in [-0.1, -0.05) is 0 Å². The highest BCUT2D eigenvalue weighted by atomic mass is 16.5. The van der Waals surface area contributed by atoms with Crippen LogP contribution < -0.4 is 15.6 Å². The summed E-state index contributed by atoms with van der Waals surface area (Å²) in [5.41, 5.74) is 0.614. The minimum absolute atomic E-state index is 0.0953. The molecule has 0 bridgehead atoms. The van der Waals surface area contributed by atoms with E-state index >= 15 is 0 Å². The third-order valence-electron chi connectivity index (χ3n) is 4.73. The Labute approximate surface area is 175 Å². The first-order valence-electron chi connectivity index (χ1n) is 10.3. The number of H-pyrrole nitrogens is 1. The molecule has 2 aromatic rings. The molecule has 30 heavy (non-hydrogen) atoms. The molecule has 1 atom stereocenters. The van der Waals surface area contributed by atoms with Crippen molar-refractivity contribution in [1.29, 1.82) is 0 Å². The first kappa shape index (κ1) is 21.9. The maximum Gasteiger partial charge on any atom is 0.273 e. The zero-order valence-electron chi connectivity index (χ0n) is 17.2. The van der Waals surface area contributed by atoms with E-state index in [9.17, 15) is 9.59 Å². The lowest BCUT2D eigenvalue weighted by Gasteiger charge is -2.10. The summed E-state index contributed by atoms with van der Waals surface area (Å²) in [7, 11) is 0. The van der Waals surface area contributed by atoms with Gasteiger partial charge in [-0.15, -0.1) is 10.2 Å². The summed E-state index contributed by atoms with van der Waals surface area (Å²) in [6, 6.07) is 7.20. The molecule has 1 aromatic heterocycles. The number of aromatic amines is 1. The summed E-state index contributed by atoms with van der Waals surface area (Å²) in [4.78, 5) is 27.0. The van der Waals surface area contributed by atoms with Gasteiger partial charge in [0.15, 0.2) is 5.82 Å². The fraction of sp³-hybridized carbons (Fsp3) is 0.524. The van der Waals surface area contributed by atoms with Gasteiger partial charge >= 0.3 is 0 Å². The third-order valence-corrected chi connectivity index (χ3v) is 4.73. The van der Waals surface area contributed by atoms with Crippen molar-refractivity contribution in [1.82, 2.24) is 20.5 Å². The Morgan fingerprint density at radius 3 is 2.80 bits per heavy atom. The number of amides is 1. The lowest BCUT2D eigenvalue weighted by atomic mass is 10.2. The fourth-order valence-electron chi connectivity index (χ4n) is 3.08. The van der Waals surface area contributed by atoms with Crippen molar-refractivity contribution in [2.75, 3.05) is 33.0 Å². The minimum atomic E-state index is -0.344. The number of carbonyl (C=O) groups is 1. The summed E-state index contributed by atoms with van der Waals surface area (Å²) in [5.74, 6) is 0.947. The van der Waals surface area contributed by atoms with Gasteiger partial charge in [0.25, 0.3) is 5.56 Å². The van der Waals surface area contributed by atoms with E-state index in [1.54, 1.807) is 24.3 Å². The lowest BCUT2D eigenvalue weighted by Crippen LogP contribution is -2.32. The van der Waals surface area contributed by atoms with Crippen LogP contribution in [0.25, 0.3) is 11.4 Å². The molecule has 3 rings (SSSR count). The number of benzene rings is 1. The molecule has 0 spiro atoms. The van der Waals surface area contributed by atoms with E-state index in [1.165, 1.54) is 0 Å². The molecule has 9 nitrogen and oxygen atoms in total. The summed E-state index contributed by atoms with van der Waals surface area (Å²) in [6.45, 7) is 4.85. The second kappa shape index (κ2) is 11.4. The fourth-order valence-corrected chi connectivity index (χ4v) is 3.08. The normalized spacial score (nSPS) is 15.8. The molecule has 2 N–H and O–H groups in total. The van der Waals surface area contributed by atoms with Crippen molar-refractivity contribution in [2.24, 2.45) is 0 Å². The SMILES string of the molecule is CCOCCOc1ccc(-c2nnc(CCC(=O)NCC3CCCO3)c(=O)[nH]2)cc1. The number of rotatable bonds is 11. The highest BCUT2D eigenvalue weighted by molar-refractivity contribution is 5.76. The number of carbonyl (C=O) groups excluding carboxylic acids is 1. The molecule has 0 aliphatic carbocycles. The molecule has 1 unspecified atom stereocenters. The molecule has 0 radical (unpaired) electrons. The van der Waals surface area contributed by atoms with Crippen LogP contribution in [0.3, 0.4) is 0 Å². The van der Waals surface area contributed by atoms with Crippen LogP contribution in [-0.2, 0) is 20.7 Å². The molecular weight excluding hydrogens is 388 g/mol. The van der Waals surface area contributed by atoms with E-state index in [2.05, 4.69) is 20.5 Å². The first-order valence-corrected chi connectivity index (χ1v) is 10.3. The topological polar surface area (TPSA) is 115 Å². The highest BCUT2D eigenvalue weighted by Crippen LogP contribution is 2.18. The van der Waals surface area contributed by atoms with Crippen LogP contribution in [0.2, 0.25) is 0 Å². The van der Waals surface area contributed by atoms with Crippen LogP contribution in [0.4, 0.5) is 0 Å². The second-order valence-corrected chi connectivity index (χ2v) is 6.96. The van der Waals surface area contributed by atoms with Crippen LogP contribution in [0.5, 0.6) is 5.75 Å². The molecule has 1 aliphatic heterocycles. The largest absolute Gasteiger partial charge is 0.491 e. The van der Waals surface area contributed by atoms with E-state index in [-0.39, 0.29) is 36.1 Å². The quantitative estimate of drug-likeness (QED) is 0.533. The Bertz CT molecular complexity index is 862. The number of aryl methyl sites for hydroxylation is 1. The summed E-state index contributed by atoms with van der Waals surface area (Å²) in [5, 5.41) is 10.9. The zero-order chi connectivity index (χ0) is 21.2. The Morgan fingerprint density at radius 2 is 2.10 bits per heavy atom. The van der Waals surface area contributed by atoms with Crippen molar-refractivity contribution in [3.8, 4) is 17.1 Å². The molecule has 1 amide bonds. The Hall–Kier alpha value is -2.78. The molecule has 0 saturated carbocycles. The number of nitrogens with zero attached hydrogens (tertiary/aromatic N) is 2. The maximum absolute atomic E-state index is 12.3. The summed E-state index contributed by atoms with van der Waals surface area (Å²) in [6.07, 6.45) is 2.50. The van der Waals surface area contributed by atoms with E-state index in [4.69, 9.17) is 14.2 Å². The Balaban J connectivity index is 1.49. The van der Waals surface area contributed by atoms with Gasteiger partial charge in [0.2, 0.25) is 5.91 Å². The van der Waals surface area contributed by atoms with Crippen LogP contribution >= 0.6 is 0 Å². The molecule has 1 aromatic carbocycles. The summed E-state index contributed by atoms with van der Waals surface area (Å²) < 4.78 is 16.3. The molecular formula is C21H28N4O5. The van der Waals surface area contributed by atoms with Crippen LogP contribution in [-0.4, -0.2) is 60.2 Å². The number of aromatic nitrogens is 3. The van der Waals surface area contributed by atoms with Gasteiger partial charge in [0, 0.05) is 38.2 Å². The third kappa shape index (κ3) is 6.64. The highest BCUT2D eigenvalue weighted by Gasteiger charge is 2.16. The van der Waals surface area contributed by atoms with Crippen molar-refractivity contribution in [2.45, 2.75) is 38.7 Å². The van der Waals surface area contributed by atoms with Crippen LogP contribution in [0, 0.1) is 0 Å². The molecule has 1 saturated heterocycles. The van der Waals surface area contributed by atoms with Gasteiger partial charge in [0.1, 0.15) is 18.1 Å². The number of hydrogen-bond donors (Lipinski definition) is 2. The van der Waals surface area contributed by atoms with Gasteiger partial charge in [-0.25, -0.2) is 0 Å². The molecule has 2 heterocycles. The molecule has 1 aliphatic rings. The lowest BCUT2D eigenvalue weighted by molar-refractivity contribution is -0.121. The Kier molecular flexibility index (Phi) is 8.34. The number of nitrogens with one attached hydrogen (secondary N) is 2. The second-order valence-electron chi connectivity index (χ2n) is 6.96. The average Bonchev–Trinajstić information content (AvgIpc) is 3.28. The monoisotopic (exact) mass is 416 g/mol. The molecule has 9 heteroatoms. The van der Waals surface area contributed by atoms with E-state index in [0.717, 1.165) is 25.0 Å². The standard InChI is InChI=1S/C21H28N4O5/c1-2-28-12-13-30-16-7-5-15(6-8-16)20-23-21(27)18(24-25-20)9-10-19(26)22-14-17-4-3-11-29-17/h5-8,17H,2-4,9-14H2,1H3,(H,22,26)(H,23,25,27). The van der Waals surface area contributed by atoms with Gasteiger partial charge < -0.3 is 24.5 Å². The van der Waals surface area contributed by atoms with E-state index in [1.807, 2.05) is 6.92 Å². The number of ether oxygens (including phenoxy) is 3. The van der Waals surface area contributed by atoms with E-state index < -0.39 is 0 Å². The van der Waals surface area contributed by atoms with E-state index in [0.29, 0.717) is 37.9 Å². The smallest absolute Gasteiger partial charge is 0.273 e. The maximum atomic E-state index is 12.3. The van der Waals surface area contributed by atoms with Crippen molar-refractivity contribution < 1.29 is 19.0 Å². The van der Waals surface area contributed by atoms with Gasteiger partial charge in [-0.2, -0.15) is 0 Å². The Morgan fingerprint density at radius 1 is 1.27 bits per heavy atom. The van der Waals surface area contributed by atoms with Gasteiger partial charge in [0.05, 0.1) is 12.7 Å². The van der Waals surface area contributed by atoms with Crippen LogP contribution in [0.1, 0.15) is 31.9 Å². The van der Waals surface area contributed by atoms with Crippen molar-refractivity contribution >= 4 is 5.91 Å². The van der Waals surface area contributed by atoms with Gasteiger partial charge in [-0.3, -0.25) is 9.59 Å².